The summed E-state index contributed by atoms with van der Waals surface area (Å²) in [6, 6.07) is 39.8. The Kier molecular flexibility index (Phi) is 4.13. The lowest BCUT2D eigenvalue weighted by atomic mass is 9.91. The van der Waals surface area contributed by atoms with E-state index in [4.69, 9.17) is 4.98 Å². The van der Waals surface area contributed by atoms with Gasteiger partial charge in [0.15, 0.2) is 4.96 Å². The van der Waals surface area contributed by atoms with E-state index in [-0.39, 0.29) is 0 Å². The highest BCUT2D eigenvalue weighted by Gasteiger charge is 2.11. The molecule has 0 aliphatic heterocycles. The van der Waals surface area contributed by atoms with Crippen LogP contribution in [-0.2, 0) is 0 Å². The quantitative estimate of drug-likeness (QED) is 0.227. The summed E-state index contributed by atoms with van der Waals surface area (Å²) >= 11 is 1.67. The van der Waals surface area contributed by atoms with Gasteiger partial charge in [-0.3, -0.25) is 4.40 Å². The third-order valence-electron chi connectivity index (χ3n) is 7.31. The molecule has 0 saturated heterocycles. The van der Waals surface area contributed by atoms with Crippen molar-refractivity contribution in [1.82, 2.24) is 9.38 Å². The molecular formula is C33H20N2S. The predicted molar refractivity (Wildman–Crippen MR) is 154 cm³/mol. The van der Waals surface area contributed by atoms with E-state index < -0.39 is 0 Å². The highest BCUT2D eigenvalue weighted by Crippen LogP contribution is 2.37. The monoisotopic (exact) mass is 476 g/mol. The normalized spacial score (nSPS) is 11.9. The number of rotatable bonds is 2. The van der Waals surface area contributed by atoms with E-state index in [0.29, 0.717) is 0 Å². The van der Waals surface area contributed by atoms with Crippen LogP contribution in [0.4, 0.5) is 0 Å². The van der Waals surface area contributed by atoms with Crippen LogP contribution in [0.15, 0.2) is 121 Å². The summed E-state index contributed by atoms with van der Waals surface area (Å²) in [4.78, 5) is 5.77. The summed E-state index contributed by atoms with van der Waals surface area (Å²) in [5, 5.41) is 9.91. The minimum Gasteiger partial charge on any atom is -0.290 e. The molecule has 0 spiro atoms. The molecular weight excluding hydrogens is 456 g/mol. The third-order valence-corrected chi connectivity index (χ3v) is 8.07. The van der Waals surface area contributed by atoms with Crippen molar-refractivity contribution in [2.45, 2.75) is 0 Å². The standard InChI is InChI=1S/C33H20N2S/c1-2-10-27-25(8-1)26-9-3-4-11-28(26)30-19-23(12-14-29(27)30)21-6-5-7-22(18-21)24-13-15-31-32(20-24)35-16-17-36-33(35)34-31/h1-20H. The second-order valence-electron chi connectivity index (χ2n) is 9.30. The van der Waals surface area contributed by atoms with Crippen molar-refractivity contribution >= 4 is 59.6 Å². The number of hydrogen-bond donors (Lipinski definition) is 0. The van der Waals surface area contributed by atoms with Crippen LogP contribution in [0.25, 0.3) is 70.6 Å². The molecule has 0 radical (unpaired) electrons. The van der Waals surface area contributed by atoms with Gasteiger partial charge in [0, 0.05) is 11.6 Å². The van der Waals surface area contributed by atoms with Crippen molar-refractivity contribution in [3.05, 3.63) is 121 Å². The van der Waals surface area contributed by atoms with Crippen LogP contribution >= 0.6 is 11.3 Å². The minimum atomic E-state index is 1.03. The molecule has 0 saturated carbocycles. The zero-order valence-corrected chi connectivity index (χ0v) is 20.2. The molecule has 0 amide bonds. The molecule has 8 rings (SSSR count). The molecule has 0 fully saturated rings. The molecule has 2 nitrogen and oxygen atoms in total. The third kappa shape index (κ3) is 2.87. The lowest BCUT2D eigenvalue weighted by molar-refractivity contribution is 1.28. The molecule has 2 aromatic heterocycles. The molecule has 0 atom stereocenters. The van der Waals surface area contributed by atoms with Gasteiger partial charge in [-0.25, -0.2) is 4.98 Å². The largest absolute Gasteiger partial charge is 0.290 e. The molecule has 0 aliphatic carbocycles. The van der Waals surface area contributed by atoms with E-state index in [0.717, 1.165) is 16.0 Å². The molecule has 0 bridgehead atoms. The second-order valence-corrected chi connectivity index (χ2v) is 10.2. The summed E-state index contributed by atoms with van der Waals surface area (Å²) in [7, 11) is 0. The van der Waals surface area contributed by atoms with Crippen molar-refractivity contribution in [3.8, 4) is 22.3 Å². The molecule has 0 aliphatic rings. The number of fused-ring (bicyclic) bond motifs is 9. The summed E-state index contributed by atoms with van der Waals surface area (Å²) < 4.78 is 2.17. The fourth-order valence-electron chi connectivity index (χ4n) is 5.60. The van der Waals surface area contributed by atoms with Crippen LogP contribution in [-0.4, -0.2) is 9.38 Å². The fraction of sp³-hybridized carbons (Fsp3) is 0. The van der Waals surface area contributed by atoms with Crippen LogP contribution < -0.4 is 0 Å². The van der Waals surface area contributed by atoms with Crippen LogP contribution in [0.1, 0.15) is 0 Å². The van der Waals surface area contributed by atoms with Gasteiger partial charge in [0.1, 0.15) is 0 Å². The van der Waals surface area contributed by atoms with E-state index in [9.17, 15) is 0 Å². The summed E-state index contributed by atoms with van der Waals surface area (Å²) in [6.45, 7) is 0. The first kappa shape index (κ1) is 19.8. The summed E-state index contributed by atoms with van der Waals surface area (Å²) in [5.74, 6) is 0. The van der Waals surface area contributed by atoms with Gasteiger partial charge < -0.3 is 0 Å². The first-order valence-corrected chi connectivity index (χ1v) is 13.0. The zero-order chi connectivity index (χ0) is 23.6. The van der Waals surface area contributed by atoms with E-state index in [1.54, 1.807) is 11.3 Å². The van der Waals surface area contributed by atoms with Crippen LogP contribution in [0.2, 0.25) is 0 Å². The van der Waals surface area contributed by atoms with Gasteiger partial charge >= 0.3 is 0 Å². The van der Waals surface area contributed by atoms with Gasteiger partial charge in [-0.2, -0.15) is 0 Å². The Morgan fingerprint density at radius 3 is 1.81 bits per heavy atom. The van der Waals surface area contributed by atoms with Crippen molar-refractivity contribution in [1.29, 1.82) is 0 Å². The molecule has 2 heterocycles. The molecule has 36 heavy (non-hydrogen) atoms. The Labute approximate surface area is 211 Å². The van der Waals surface area contributed by atoms with E-state index in [1.165, 1.54) is 54.6 Å². The Bertz CT molecular complexity index is 2080. The Morgan fingerprint density at radius 2 is 1.08 bits per heavy atom. The molecule has 168 valence electrons. The highest BCUT2D eigenvalue weighted by atomic mass is 32.1. The summed E-state index contributed by atoms with van der Waals surface area (Å²) in [6.07, 6.45) is 2.10. The molecule has 8 aromatic rings. The van der Waals surface area contributed by atoms with Crippen molar-refractivity contribution in [3.63, 3.8) is 0 Å². The van der Waals surface area contributed by atoms with Crippen LogP contribution in [0, 0.1) is 0 Å². The van der Waals surface area contributed by atoms with E-state index >= 15 is 0 Å². The van der Waals surface area contributed by atoms with Crippen LogP contribution in [0.3, 0.4) is 0 Å². The average molecular weight is 477 g/mol. The topological polar surface area (TPSA) is 17.3 Å². The number of benzene rings is 6. The number of imidazole rings is 1. The van der Waals surface area contributed by atoms with Gasteiger partial charge in [0.2, 0.25) is 0 Å². The molecule has 6 aromatic carbocycles. The van der Waals surface area contributed by atoms with Gasteiger partial charge in [-0.15, -0.1) is 11.3 Å². The Morgan fingerprint density at radius 1 is 0.500 bits per heavy atom. The lowest BCUT2D eigenvalue weighted by Gasteiger charge is -2.12. The average Bonchev–Trinajstić information content (AvgIpc) is 3.54. The first-order chi connectivity index (χ1) is 17.8. The molecule has 0 N–H and O–H groups in total. The van der Waals surface area contributed by atoms with Crippen molar-refractivity contribution in [2.75, 3.05) is 0 Å². The van der Waals surface area contributed by atoms with Crippen molar-refractivity contribution < 1.29 is 0 Å². The minimum absolute atomic E-state index is 1.03. The second kappa shape index (κ2) is 7.51. The van der Waals surface area contributed by atoms with Gasteiger partial charge in [-0.1, -0.05) is 84.9 Å². The maximum atomic E-state index is 4.73. The van der Waals surface area contributed by atoms with E-state index in [1.807, 2.05) is 0 Å². The maximum Gasteiger partial charge on any atom is 0.194 e. The lowest BCUT2D eigenvalue weighted by Crippen LogP contribution is -1.86. The van der Waals surface area contributed by atoms with Crippen molar-refractivity contribution in [2.24, 2.45) is 0 Å². The zero-order valence-electron chi connectivity index (χ0n) is 19.3. The highest BCUT2D eigenvalue weighted by molar-refractivity contribution is 7.15. The van der Waals surface area contributed by atoms with E-state index in [2.05, 4.69) is 125 Å². The smallest absolute Gasteiger partial charge is 0.194 e. The summed E-state index contributed by atoms with van der Waals surface area (Å²) in [5.41, 5.74) is 7.06. The number of hydrogen-bond acceptors (Lipinski definition) is 2. The van der Waals surface area contributed by atoms with Gasteiger partial charge in [0.05, 0.1) is 11.0 Å². The fourth-order valence-corrected chi connectivity index (χ4v) is 6.32. The Hall–Kier alpha value is -4.47. The maximum absolute atomic E-state index is 4.73. The number of aromatic nitrogens is 2. The van der Waals surface area contributed by atoms with Gasteiger partial charge in [0.25, 0.3) is 0 Å². The molecule has 0 unspecified atom stereocenters. The predicted octanol–water partition coefficient (Wildman–Crippen LogP) is 9.34. The first-order valence-electron chi connectivity index (χ1n) is 12.1. The number of thiazole rings is 1. The Balaban J connectivity index is 1.32. The van der Waals surface area contributed by atoms with Gasteiger partial charge in [-0.05, 0) is 78.8 Å². The number of nitrogens with zero attached hydrogens (tertiary/aromatic N) is 2. The SMILES string of the molecule is c1cc(-c2ccc3c4ccccc4c4ccccc4c3c2)cc(-c2ccc3nc4sccn4c3c2)c1. The molecule has 3 heteroatoms. The van der Waals surface area contributed by atoms with Crippen LogP contribution in [0.5, 0.6) is 0 Å².